The zero-order chi connectivity index (χ0) is 11.3. The molecule has 4 nitrogen and oxygen atoms in total. The predicted octanol–water partition coefficient (Wildman–Crippen LogP) is 0.768. The minimum atomic E-state index is -2.84. The SMILES string of the molecule is O=S1(=O)C2CC1CN(c1ccccc1O)C2. The fraction of sp³-hybridized carbons (Fsp3) is 0.455. The number of piperidine rings is 1. The first-order valence-corrected chi connectivity index (χ1v) is 6.95. The average molecular weight is 239 g/mol. The van der Waals surface area contributed by atoms with E-state index in [1.165, 1.54) is 0 Å². The van der Waals surface area contributed by atoms with Crippen molar-refractivity contribution >= 4 is 15.5 Å². The van der Waals surface area contributed by atoms with Crippen LogP contribution in [0.25, 0.3) is 0 Å². The molecule has 0 radical (unpaired) electrons. The monoisotopic (exact) mass is 239 g/mol. The third kappa shape index (κ3) is 1.24. The van der Waals surface area contributed by atoms with Gasteiger partial charge in [0, 0.05) is 13.1 Å². The molecule has 3 saturated heterocycles. The van der Waals surface area contributed by atoms with Crippen molar-refractivity contribution in [1.29, 1.82) is 0 Å². The lowest BCUT2D eigenvalue weighted by Gasteiger charge is -2.47. The summed E-state index contributed by atoms with van der Waals surface area (Å²) in [5.74, 6) is 0.223. The number of phenols is 1. The van der Waals surface area contributed by atoms with Gasteiger partial charge >= 0.3 is 0 Å². The molecule has 2 bridgehead atoms. The Balaban J connectivity index is 1.89. The molecule has 1 N–H and O–H groups in total. The Labute approximate surface area is 94.4 Å². The second kappa shape index (κ2) is 3.13. The second-order valence-electron chi connectivity index (χ2n) is 4.46. The molecular formula is C11H13NO3S. The highest BCUT2D eigenvalue weighted by Crippen LogP contribution is 2.39. The van der Waals surface area contributed by atoms with E-state index in [0.29, 0.717) is 13.1 Å². The number of rotatable bonds is 1. The van der Waals surface area contributed by atoms with Gasteiger partial charge in [-0.2, -0.15) is 0 Å². The van der Waals surface area contributed by atoms with Crippen LogP contribution in [0.4, 0.5) is 5.69 Å². The first-order chi connectivity index (χ1) is 7.59. The molecule has 3 heterocycles. The molecule has 2 atom stereocenters. The number of aromatic hydroxyl groups is 1. The molecule has 16 heavy (non-hydrogen) atoms. The molecule has 2 unspecified atom stereocenters. The molecule has 86 valence electrons. The Morgan fingerprint density at radius 2 is 1.81 bits per heavy atom. The lowest BCUT2D eigenvalue weighted by molar-refractivity contribution is 0.446. The Bertz CT molecular complexity index is 508. The van der Waals surface area contributed by atoms with Crippen LogP contribution in [-0.4, -0.2) is 37.1 Å². The van der Waals surface area contributed by atoms with E-state index >= 15 is 0 Å². The zero-order valence-corrected chi connectivity index (χ0v) is 9.52. The normalized spacial score (nSPS) is 30.9. The van der Waals surface area contributed by atoms with Crippen LogP contribution in [0.1, 0.15) is 6.42 Å². The van der Waals surface area contributed by atoms with Crippen molar-refractivity contribution in [3.63, 3.8) is 0 Å². The number of phenolic OH excluding ortho intramolecular Hbond substituents is 1. The highest BCUT2D eigenvalue weighted by Gasteiger charge is 2.51. The second-order valence-corrected chi connectivity index (χ2v) is 6.97. The Morgan fingerprint density at radius 3 is 2.38 bits per heavy atom. The maximum absolute atomic E-state index is 11.6. The fourth-order valence-electron chi connectivity index (χ4n) is 2.56. The molecular weight excluding hydrogens is 226 g/mol. The smallest absolute Gasteiger partial charge is 0.159 e. The minimum Gasteiger partial charge on any atom is -0.506 e. The van der Waals surface area contributed by atoms with E-state index in [2.05, 4.69) is 0 Å². The molecule has 1 aromatic carbocycles. The summed E-state index contributed by atoms with van der Waals surface area (Å²) >= 11 is 0. The van der Waals surface area contributed by atoms with Crippen LogP contribution in [0, 0.1) is 0 Å². The lowest BCUT2D eigenvalue weighted by Crippen LogP contribution is -2.62. The molecule has 4 rings (SSSR count). The van der Waals surface area contributed by atoms with Gasteiger partial charge in [0.2, 0.25) is 0 Å². The van der Waals surface area contributed by atoms with Gasteiger partial charge in [0.15, 0.2) is 9.84 Å². The van der Waals surface area contributed by atoms with Gasteiger partial charge in [-0.05, 0) is 18.6 Å². The van der Waals surface area contributed by atoms with Crippen molar-refractivity contribution in [2.45, 2.75) is 16.9 Å². The van der Waals surface area contributed by atoms with Gasteiger partial charge < -0.3 is 10.0 Å². The summed E-state index contributed by atoms with van der Waals surface area (Å²) in [6.45, 7) is 1.02. The zero-order valence-electron chi connectivity index (χ0n) is 8.70. The summed E-state index contributed by atoms with van der Waals surface area (Å²) in [5, 5.41) is 9.24. The molecule has 0 saturated carbocycles. The molecule has 3 aliphatic heterocycles. The van der Waals surface area contributed by atoms with Gasteiger partial charge in [-0.1, -0.05) is 12.1 Å². The number of hydrogen-bond acceptors (Lipinski definition) is 4. The maximum atomic E-state index is 11.6. The number of hydrogen-bond donors (Lipinski definition) is 1. The summed E-state index contributed by atoms with van der Waals surface area (Å²) in [4.78, 5) is 1.97. The van der Waals surface area contributed by atoms with Gasteiger partial charge in [-0.3, -0.25) is 0 Å². The first-order valence-electron chi connectivity index (χ1n) is 5.34. The number of fused-ring (bicyclic) bond motifs is 2. The summed E-state index contributed by atoms with van der Waals surface area (Å²) < 4.78 is 23.2. The highest BCUT2D eigenvalue weighted by molar-refractivity contribution is 7.94. The van der Waals surface area contributed by atoms with Gasteiger partial charge in [0.25, 0.3) is 0 Å². The highest BCUT2D eigenvalue weighted by atomic mass is 32.2. The standard InChI is InChI=1S/C11H13NO3S/c13-11-4-2-1-3-10(11)12-6-8-5-9(7-12)16(8,14)15/h1-4,8-9,13H,5-7H2. The summed E-state index contributed by atoms with van der Waals surface area (Å²) in [6, 6.07) is 7.07. The van der Waals surface area contributed by atoms with Gasteiger partial charge in [-0.25, -0.2) is 8.42 Å². The van der Waals surface area contributed by atoms with Gasteiger partial charge in [0.05, 0.1) is 16.2 Å². The maximum Gasteiger partial charge on any atom is 0.159 e. The number of anilines is 1. The summed E-state index contributed by atoms with van der Waals surface area (Å²) in [5.41, 5.74) is 0.743. The Hall–Kier alpha value is -1.23. The third-order valence-electron chi connectivity index (χ3n) is 3.53. The topological polar surface area (TPSA) is 57.6 Å². The van der Waals surface area contributed by atoms with Crippen LogP contribution < -0.4 is 4.90 Å². The quantitative estimate of drug-likeness (QED) is 0.786. The van der Waals surface area contributed by atoms with E-state index in [-0.39, 0.29) is 16.2 Å². The van der Waals surface area contributed by atoms with Crippen molar-refractivity contribution < 1.29 is 13.5 Å². The van der Waals surface area contributed by atoms with Crippen LogP contribution in [0.3, 0.4) is 0 Å². The van der Waals surface area contributed by atoms with E-state index in [1.807, 2.05) is 17.0 Å². The fourth-order valence-corrected chi connectivity index (χ4v) is 4.53. The Morgan fingerprint density at radius 1 is 1.19 bits per heavy atom. The van der Waals surface area contributed by atoms with Gasteiger partial charge in [0.1, 0.15) is 5.75 Å². The summed E-state index contributed by atoms with van der Waals surface area (Å²) in [7, 11) is -2.84. The molecule has 0 spiro atoms. The van der Waals surface area contributed by atoms with Crippen LogP contribution in [0.15, 0.2) is 24.3 Å². The molecule has 3 aliphatic rings. The first kappa shape index (κ1) is 9.96. The van der Waals surface area contributed by atoms with Crippen molar-refractivity contribution in [3.05, 3.63) is 24.3 Å². The van der Waals surface area contributed by atoms with Crippen LogP contribution in [-0.2, 0) is 9.84 Å². The van der Waals surface area contributed by atoms with E-state index < -0.39 is 9.84 Å². The van der Waals surface area contributed by atoms with Crippen molar-refractivity contribution in [3.8, 4) is 5.75 Å². The number of sulfone groups is 1. The predicted molar refractivity (Wildman–Crippen MR) is 61.4 cm³/mol. The molecule has 1 aromatic rings. The third-order valence-corrected chi connectivity index (χ3v) is 6.07. The number of nitrogens with zero attached hydrogens (tertiary/aromatic N) is 1. The van der Waals surface area contributed by atoms with Crippen LogP contribution >= 0.6 is 0 Å². The average Bonchev–Trinajstić information content (AvgIpc) is 2.29. The minimum absolute atomic E-state index is 0.223. The molecule has 3 fully saturated rings. The number of para-hydroxylation sites is 2. The van der Waals surface area contributed by atoms with E-state index in [0.717, 1.165) is 12.1 Å². The molecule has 5 heteroatoms. The van der Waals surface area contributed by atoms with Crippen molar-refractivity contribution in [1.82, 2.24) is 0 Å². The van der Waals surface area contributed by atoms with E-state index in [1.54, 1.807) is 12.1 Å². The number of benzene rings is 1. The molecule has 0 aromatic heterocycles. The summed E-state index contributed by atoms with van der Waals surface area (Å²) in [6.07, 6.45) is 0.784. The molecule has 0 amide bonds. The Kier molecular flexibility index (Phi) is 1.95. The van der Waals surface area contributed by atoms with Crippen molar-refractivity contribution in [2.75, 3.05) is 18.0 Å². The van der Waals surface area contributed by atoms with Crippen LogP contribution in [0.5, 0.6) is 5.75 Å². The van der Waals surface area contributed by atoms with E-state index in [9.17, 15) is 13.5 Å². The molecule has 0 aliphatic carbocycles. The van der Waals surface area contributed by atoms with Gasteiger partial charge in [-0.15, -0.1) is 0 Å². The van der Waals surface area contributed by atoms with E-state index in [4.69, 9.17) is 0 Å². The largest absolute Gasteiger partial charge is 0.506 e. The lowest BCUT2D eigenvalue weighted by atomic mass is 10.1. The van der Waals surface area contributed by atoms with Crippen molar-refractivity contribution in [2.24, 2.45) is 0 Å². The van der Waals surface area contributed by atoms with Crippen LogP contribution in [0.2, 0.25) is 0 Å².